The second kappa shape index (κ2) is 6.51. The monoisotopic (exact) mass is 297 g/mol. The summed E-state index contributed by atoms with van der Waals surface area (Å²) in [6.45, 7) is 4.88. The Morgan fingerprint density at radius 3 is 2.74 bits per heavy atom. The van der Waals surface area contributed by atoms with E-state index in [9.17, 15) is 4.39 Å². The molecular weight excluding hydrogens is 281 g/mol. The van der Waals surface area contributed by atoms with Crippen LogP contribution in [0.4, 0.5) is 4.39 Å². The van der Waals surface area contributed by atoms with Gasteiger partial charge in [0, 0.05) is 4.88 Å². The molecule has 0 saturated heterocycles. The summed E-state index contributed by atoms with van der Waals surface area (Å²) in [6, 6.07) is 6.97. The zero-order valence-electron chi connectivity index (χ0n) is 11.0. The minimum absolute atomic E-state index is 0.0400. The number of nitrogens with one attached hydrogen (secondary N) is 1. The number of hydrogen-bond donors (Lipinski definition) is 1. The molecule has 0 aliphatic rings. The molecule has 2 aromatic rings. The molecule has 1 unspecified atom stereocenters. The minimum atomic E-state index is -0.203. The predicted octanol–water partition coefficient (Wildman–Crippen LogP) is 4.94. The summed E-state index contributed by atoms with van der Waals surface area (Å²) >= 11 is 7.82. The summed E-state index contributed by atoms with van der Waals surface area (Å²) in [5, 5.41) is 6.14. The van der Waals surface area contributed by atoms with Gasteiger partial charge in [-0.25, -0.2) is 4.39 Å². The quantitative estimate of drug-likeness (QED) is 0.824. The largest absolute Gasteiger partial charge is 0.306 e. The summed E-state index contributed by atoms with van der Waals surface area (Å²) in [7, 11) is 0. The van der Waals surface area contributed by atoms with Crippen molar-refractivity contribution in [1.29, 1.82) is 0 Å². The van der Waals surface area contributed by atoms with Crippen LogP contribution in [0, 0.1) is 12.7 Å². The molecule has 19 heavy (non-hydrogen) atoms. The Hall–Kier alpha value is -0.900. The number of aryl methyl sites for hydroxylation is 1. The van der Waals surface area contributed by atoms with Crippen molar-refractivity contribution in [2.24, 2.45) is 0 Å². The van der Waals surface area contributed by atoms with E-state index in [1.165, 1.54) is 6.07 Å². The van der Waals surface area contributed by atoms with Gasteiger partial charge >= 0.3 is 0 Å². The lowest BCUT2D eigenvalue weighted by molar-refractivity contribution is 0.590. The number of benzene rings is 1. The molecule has 1 atom stereocenters. The average Bonchev–Trinajstić information content (AvgIpc) is 2.75. The Morgan fingerprint density at radius 1 is 1.37 bits per heavy atom. The van der Waals surface area contributed by atoms with Crippen LogP contribution in [0.1, 0.15) is 35.4 Å². The Balaban J connectivity index is 2.39. The summed E-state index contributed by atoms with van der Waals surface area (Å²) in [5.41, 5.74) is 1.85. The summed E-state index contributed by atoms with van der Waals surface area (Å²) < 4.78 is 13.6. The van der Waals surface area contributed by atoms with Crippen molar-refractivity contribution < 1.29 is 4.39 Å². The van der Waals surface area contributed by atoms with Crippen molar-refractivity contribution in [3.8, 4) is 0 Å². The predicted molar refractivity (Wildman–Crippen MR) is 80.6 cm³/mol. The average molecular weight is 298 g/mol. The van der Waals surface area contributed by atoms with Crippen LogP contribution >= 0.6 is 22.9 Å². The minimum Gasteiger partial charge on any atom is -0.306 e. The lowest BCUT2D eigenvalue weighted by Gasteiger charge is -2.19. The smallest absolute Gasteiger partial charge is 0.123 e. The molecular formula is C15H17ClFNS. The standard InChI is InChI=1S/C15H17ClFNS/c1-3-5-18-14(15-13(16)4-6-19-15)11-7-10(2)8-12(17)9-11/h4,6-9,14,18H,3,5H2,1-2H3. The van der Waals surface area contributed by atoms with Gasteiger partial charge in [-0.3, -0.25) is 0 Å². The van der Waals surface area contributed by atoms with Crippen LogP contribution in [-0.2, 0) is 0 Å². The third-order valence-corrected chi connectivity index (χ3v) is 4.33. The van der Waals surface area contributed by atoms with E-state index in [0.29, 0.717) is 0 Å². The van der Waals surface area contributed by atoms with Crippen molar-refractivity contribution in [3.05, 3.63) is 56.5 Å². The van der Waals surface area contributed by atoms with E-state index in [1.54, 1.807) is 17.4 Å². The molecule has 0 bridgehead atoms. The Labute approximate surface area is 122 Å². The van der Waals surface area contributed by atoms with E-state index < -0.39 is 0 Å². The maximum atomic E-state index is 13.6. The van der Waals surface area contributed by atoms with Crippen molar-refractivity contribution in [3.63, 3.8) is 0 Å². The SMILES string of the molecule is CCCNC(c1cc(C)cc(F)c1)c1sccc1Cl. The van der Waals surface area contributed by atoms with Crippen LogP contribution in [-0.4, -0.2) is 6.54 Å². The molecule has 4 heteroatoms. The highest BCUT2D eigenvalue weighted by Crippen LogP contribution is 2.33. The van der Waals surface area contributed by atoms with Crippen molar-refractivity contribution in [1.82, 2.24) is 5.32 Å². The number of thiophene rings is 1. The van der Waals surface area contributed by atoms with Gasteiger partial charge in [0.25, 0.3) is 0 Å². The molecule has 0 aliphatic heterocycles. The lowest BCUT2D eigenvalue weighted by atomic mass is 10.0. The van der Waals surface area contributed by atoms with E-state index >= 15 is 0 Å². The molecule has 102 valence electrons. The van der Waals surface area contributed by atoms with Crippen molar-refractivity contribution in [2.75, 3.05) is 6.54 Å². The highest BCUT2D eigenvalue weighted by molar-refractivity contribution is 7.10. The van der Waals surface area contributed by atoms with Crippen LogP contribution in [0.2, 0.25) is 5.02 Å². The van der Waals surface area contributed by atoms with Crippen molar-refractivity contribution >= 4 is 22.9 Å². The van der Waals surface area contributed by atoms with E-state index in [4.69, 9.17) is 11.6 Å². The molecule has 0 spiro atoms. The normalized spacial score (nSPS) is 12.6. The van der Waals surface area contributed by atoms with Gasteiger partial charge in [-0.1, -0.05) is 24.6 Å². The molecule has 0 aliphatic carbocycles. The van der Waals surface area contributed by atoms with Crippen LogP contribution in [0.25, 0.3) is 0 Å². The zero-order chi connectivity index (χ0) is 13.8. The first-order chi connectivity index (χ1) is 9.11. The molecule has 1 nitrogen and oxygen atoms in total. The highest BCUT2D eigenvalue weighted by atomic mass is 35.5. The summed E-state index contributed by atoms with van der Waals surface area (Å²) in [6.07, 6.45) is 1.02. The van der Waals surface area contributed by atoms with Gasteiger partial charge in [0.1, 0.15) is 5.82 Å². The highest BCUT2D eigenvalue weighted by Gasteiger charge is 2.18. The second-order valence-electron chi connectivity index (χ2n) is 4.58. The van der Waals surface area contributed by atoms with Crippen LogP contribution < -0.4 is 5.32 Å². The van der Waals surface area contributed by atoms with Gasteiger partial charge < -0.3 is 5.32 Å². The van der Waals surface area contributed by atoms with Crippen LogP contribution in [0.15, 0.2) is 29.6 Å². The maximum absolute atomic E-state index is 13.6. The van der Waals surface area contributed by atoms with Gasteiger partial charge in [0.05, 0.1) is 11.1 Å². The summed E-state index contributed by atoms with van der Waals surface area (Å²) in [4.78, 5) is 1.04. The fourth-order valence-corrected chi connectivity index (χ4v) is 3.36. The van der Waals surface area contributed by atoms with Gasteiger partial charge in [0.15, 0.2) is 0 Å². The fraction of sp³-hybridized carbons (Fsp3) is 0.333. The number of rotatable bonds is 5. The van der Waals surface area contributed by atoms with Crippen LogP contribution in [0.3, 0.4) is 0 Å². The number of hydrogen-bond acceptors (Lipinski definition) is 2. The zero-order valence-corrected chi connectivity index (χ0v) is 12.6. The van der Waals surface area contributed by atoms with Crippen LogP contribution in [0.5, 0.6) is 0 Å². The molecule has 0 fully saturated rings. The van der Waals surface area contributed by atoms with E-state index in [1.807, 2.05) is 24.4 Å². The molecule has 1 heterocycles. The lowest BCUT2D eigenvalue weighted by Crippen LogP contribution is -2.22. The summed E-state index contributed by atoms with van der Waals surface area (Å²) in [5.74, 6) is -0.203. The molecule has 1 aromatic heterocycles. The fourth-order valence-electron chi connectivity index (χ4n) is 2.09. The first-order valence-electron chi connectivity index (χ1n) is 6.35. The Morgan fingerprint density at radius 2 is 2.16 bits per heavy atom. The number of halogens is 2. The van der Waals surface area contributed by atoms with Crippen molar-refractivity contribution in [2.45, 2.75) is 26.3 Å². The molecule has 0 amide bonds. The Kier molecular flexibility index (Phi) is 4.97. The van der Waals surface area contributed by atoms with Gasteiger partial charge in [-0.05, 0) is 54.6 Å². The van der Waals surface area contributed by atoms with Gasteiger partial charge in [-0.15, -0.1) is 11.3 Å². The topological polar surface area (TPSA) is 12.0 Å². The first-order valence-corrected chi connectivity index (χ1v) is 7.61. The van der Waals surface area contributed by atoms with E-state index in [-0.39, 0.29) is 11.9 Å². The molecule has 0 saturated carbocycles. The van der Waals surface area contributed by atoms with Gasteiger partial charge in [-0.2, -0.15) is 0 Å². The molecule has 0 radical (unpaired) electrons. The van der Waals surface area contributed by atoms with E-state index in [2.05, 4.69) is 12.2 Å². The third-order valence-electron chi connectivity index (χ3n) is 2.90. The van der Waals surface area contributed by atoms with Gasteiger partial charge in [0.2, 0.25) is 0 Å². The molecule has 1 N–H and O–H groups in total. The third kappa shape index (κ3) is 3.56. The first kappa shape index (κ1) is 14.5. The van der Waals surface area contributed by atoms with E-state index in [0.717, 1.165) is 34.0 Å². The molecule has 2 rings (SSSR count). The maximum Gasteiger partial charge on any atom is 0.123 e. The molecule has 1 aromatic carbocycles. The Bertz CT molecular complexity index is 533. The second-order valence-corrected chi connectivity index (χ2v) is 5.94.